The Hall–Kier alpha value is -3.03. The maximum Gasteiger partial charge on any atom is 0.262 e. The number of aromatic hydroxyl groups is 1. The summed E-state index contributed by atoms with van der Waals surface area (Å²) in [5.41, 5.74) is 1.57. The second kappa shape index (κ2) is 9.65. The van der Waals surface area contributed by atoms with E-state index in [1.807, 2.05) is 5.38 Å². The molecule has 8 nitrogen and oxygen atoms in total. The Kier molecular flexibility index (Phi) is 6.97. The Balaban J connectivity index is 1.76. The Morgan fingerprint density at radius 1 is 1.50 bits per heavy atom. The number of carbonyl (C=O) groups is 1. The summed E-state index contributed by atoms with van der Waals surface area (Å²) in [4.78, 5) is 17.3. The molecular formula is C20H20N4O4S2. The van der Waals surface area contributed by atoms with E-state index in [1.165, 1.54) is 36.3 Å². The van der Waals surface area contributed by atoms with Crippen LogP contribution in [0.1, 0.15) is 44.1 Å². The smallest absolute Gasteiger partial charge is 0.262 e. The molecular weight excluding hydrogens is 424 g/mol. The molecule has 0 aliphatic heterocycles. The molecule has 0 unspecified atom stereocenters. The van der Waals surface area contributed by atoms with Gasteiger partial charge >= 0.3 is 0 Å². The monoisotopic (exact) mass is 444 g/mol. The SMILES string of the molecule is COc1cc(O)c(CSC[C@H](NC(=O)c2cccs2)c2nc(C)no2)c(C#N)c1C. The van der Waals surface area contributed by atoms with E-state index in [9.17, 15) is 15.2 Å². The Morgan fingerprint density at radius 2 is 2.30 bits per heavy atom. The highest BCUT2D eigenvalue weighted by Crippen LogP contribution is 2.35. The number of aryl methyl sites for hydroxylation is 1. The number of thioether (sulfide) groups is 1. The van der Waals surface area contributed by atoms with Gasteiger partial charge in [-0.25, -0.2) is 0 Å². The van der Waals surface area contributed by atoms with Gasteiger partial charge in [0.25, 0.3) is 5.91 Å². The van der Waals surface area contributed by atoms with Crippen LogP contribution in [0.15, 0.2) is 28.1 Å². The van der Waals surface area contributed by atoms with Gasteiger partial charge in [0.15, 0.2) is 5.82 Å². The lowest BCUT2D eigenvalue weighted by atomic mass is 10.0. The minimum absolute atomic E-state index is 0.00527. The molecule has 3 rings (SSSR count). The largest absolute Gasteiger partial charge is 0.507 e. The van der Waals surface area contributed by atoms with Crippen molar-refractivity contribution in [3.8, 4) is 17.6 Å². The third-order valence-electron chi connectivity index (χ3n) is 4.38. The molecule has 0 aliphatic carbocycles. The van der Waals surface area contributed by atoms with Gasteiger partial charge in [-0.2, -0.15) is 22.0 Å². The average molecular weight is 445 g/mol. The molecule has 156 valence electrons. The van der Waals surface area contributed by atoms with E-state index in [1.54, 1.807) is 26.0 Å². The van der Waals surface area contributed by atoms with Gasteiger partial charge in [-0.1, -0.05) is 11.2 Å². The first-order valence-electron chi connectivity index (χ1n) is 8.96. The molecule has 10 heteroatoms. The van der Waals surface area contributed by atoms with Crippen molar-refractivity contribution in [3.05, 3.63) is 56.9 Å². The molecule has 0 fully saturated rings. The zero-order valence-electron chi connectivity index (χ0n) is 16.6. The molecule has 3 aromatic rings. The fraction of sp³-hybridized carbons (Fsp3) is 0.300. The van der Waals surface area contributed by atoms with E-state index in [0.29, 0.717) is 50.5 Å². The number of methoxy groups -OCH3 is 1. The van der Waals surface area contributed by atoms with Gasteiger partial charge < -0.3 is 19.7 Å². The van der Waals surface area contributed by atoms with Crippen molar-refractivity contribution in [1.29, 1.82) is 5.26 Å². The van der Waals surface area contributed by atoms with Crippen LogP contribution in [0.4, 0.5) is 0 Å². The number of nitrogens with zero attached hydrogens (tertiary/aromatic N) is 3. The van der Waals surface area contributed by atoms with Gasteiger partial charge in [0, 0.05) is 28.7 Å². The van der Waals surface area contributed by atoms with Crippen molar-refractivity contribution in [2.75, 3.05) is 12.9 Å². The third-order valence-corrected chi connectivity index (χ3v) is 6.31. The van der Waals surface area contributed by atoms with E-state index in [0.717, 1.165) is 0 Å². The number of aromatic nitrogens is 2. The summed E-state index contributed by atoms with van der Waals surface area (Å²) in [5, 5.41) is 28.5. The first kappa shape index (κ1) is 21.7. The first-order chi connectivity index (χ1) is 14.4. The fourth-order valence-corrected chi connectivity index (χ4v) is 4.55. The molecule has 2 aromatic heterocycles. The summed E-state index contributed by atoms with van der Waals surface area (Å²) < 4.78 is 10.5. The highest BCUT2D eigenvalue weighted by atomic mass is 32.2. The second-order valence-corrected chi connectivity index (χ2v) is 8.36. The summed E-state index contributed by atoms with van der Waals surface area (Å²) in [5.74, 6) is 1.77. The average Bonchev–Trinajstić information content (AvgIpc) is 3.41. The predicted molar refractivity (Wildman–Crippen MR) is 114 cm³/mol. The minimum Gasteiger partial charge on any atom is -0.507 e. The number of phenols is 1. The number of ether oxygens (including phenoxy) is 1. The molecule has 30 heavy (non-hydrogen) atoms. The zero-order valence-corrected chi connectivity index (χ0v) is 18.3. The molecule has 0 bridgehead atoms. The van der Waals surface area contributed by atoms with Crippen LogP contribution < -0.4 is 10.1 Å². The number of nitrogens with one attached hydrogen (secondary N) is 1. The normalized spacial score (nSPS) is 11.7. The van der Waals surface area contributed by atoms with Crippen LogP contribution in [0.2, 0.25) is 0 Å². The fourth-order valence-electron chi connectivity index (χ4n) is 2.85. The van der Waals surface area contributed by atoms with E-state index < -0.39 is 6.04 Å². The van der Waals surface area contributed by atoms with Gasteiger partial charge in [0.2, 0.25) is 5.89 Å². The zero-order chi connectivity index (χ0) is 21.7. The van der Waals surface area contributed by atoms with E-state index in [4.69, 9.17) is 9.26 Å². The van der Waals surface area contributed by atoms with Crippen molar-refractivity contribution in [2.24, 2.45) is 0 Å². The summed E-state index contributed by atoms with van der Waals surface area (Å²) >= 11 is 2.77. The number of carbonyl (C=O) groups excluding carboxylic acids is 1. The number of phenolic OH excluding ortho intramolecular Hbond substituents is 1. The minimum atomic E-state index is -0.516. The van der Waals surface area contributed by atoms with E-state index in [2.05, 4.69) is 21.5 Å². The van der Waals surface area contributed by atoms with Gasteiger partial charge in [-0.15, -0.1) is 11.3 Å². The molecule has 0 saturated carbocycles. The van der Waals surface area contributed by atoms with Gasteiger partial charge in [-0.3, -0.25) is 4.79 Å². The van der Waals surface area contributed by atoms with Crippen LogP contribution in [0, 0.1) is 25.2 Å². The van der Waals surface area contributed by atoms with Crippen molar-refractivity contribution < 1.29 is 19.2 Å². The van der Waals surface area contributed by atoms with Gasteiger partial charge in [-0.05, 0) is 25.3 Å². The van der Waals surface area contributed by atoms with E-state index in [-0.39, 0.29) is 11.7 Å². The molecule has 0 saturated heterocycles. The van der Waals surface area contributed by atoms with Crippen LogP contribution >= 0.6 is 23.1 Å². The summed E-state index contributed by atoms with van der Waals surface area (Å²) in [6.07, 6.45) is 0. The highest BCUT2D eigenvalue weighted by molar-refractivity contribution is 7.98. The summed E-state index contributed by atoms with van der Waals surface area (Å²) in [6.45, 7) is 3.48. The van der Waals surface area contributed by atoms with Crippen molar-refractivity contribution >= 4 is 29.0 Å². The van der Waals surface area contributed by atoms with Crippen LogP contribution in [0.3, 0.4) is 0 Å². The maximum atomic E-state index is 12.5. The molecule has 2 N–H and O–H groups in total. The Morgan fingerprint density at radius 3 is 2.90 bits per heavy atom. The second-order valence-electron chi connectivity index (χ2n) is 6.39. The lowest BCUT2D eigenvalue weighted by Crippen LogP contribution is -2.29. The molecule has 2 heterocycles. The molecule has 0 spiro atoms. The number of thiophene rings is 1. The molecule has 0 radical (unpaired) electrons. The summed E-state index contributed by atoms with van der Waals surface area (Å²) in [6, 6.07) is 6.67. The van der Waals surface area contributed by atoms with Crippen molar-refractivity contribution in [2.45, 2.75) is 25.6 Å². The number of hydrogen-bond acceptors (Lipinski definition) is 9. The molecule has 1 amide bonds. The maximum absolute atomic E-state index is 12.5. The third kappa shape index (κ3) is 4.75. The number of nitriles is 1. The van der Waals surface area contributed by atoms with Crippen molar-refractivity contribution in [3.63, 3.8) is 0 Å². The van der Waals surface area contributed by atoms with E-state index >= 15 is 0 Å². The molecule has 0 aliphatic rings. The lowest BCUT2D eigenvalue weighted by molar-refractivity contribution is 0.0937. The van der Waals surface area contributed by atoms with Crippen LogP contribution in [-0.2, 0) is 5.75 Å². The number of benzene rings is 1. The van der Waals surface area contributed by atoms with Crippen LogP contribution in [0.5, 0.6) is 11.5 Å². The van der Waals surface area contributed by atoms with Crippen LogP contribution in [0.25, 0.3) is 0 Å². The number of amides is 1. The molecule has 1 atom stereocenters. The first-order valence-corrected chi connectivity index (χ1v) is 11.0. The topological polar surface area (TPSA) is 121 Å². The van der Waals surface area contributed by atoms with Gasteiger partial charge in [0.1, 0.15) is 23.6 Å². The van der Waals surface area contributed by atoms with Crippen LogP contribution in [-0.4, -0.2) is 34.0 Å². The number of hydrogen-bond donors (Lipinski definition) is 2. The lowest BCUT2D eigenvalue weighted by Gasteiger charge is -2.16. The standard InChI is InChI=1S/C20H20N4O4S2/c1-11-13(8-21)14(16(25)7-17(11)27-3)9-29-10-15(20-22-12(2)24-28-20)23-19(26)18-5-4-6-30-18/h4-7,15,25H,9-10H2,1-3H3,(H,23,26)/t15-/m0/s1. The van der Waals surface area contributed by atoms with Crippen molar-refractivity contribution in [1.82, 2.24) is 15.5 Å². The quantitative estimate of drug-likeness (QED) is 0.539. The van der Waals surface area contributed by atoms with Gasteiger partial charge in [0.05, 0.1) is 17.6 Å². The number of rotatable bonds is 8. The summed E-state index contributed by atoms with van der Waals surface area (Å²) in [7, 11) is 1.49. The highest BCUT2D eigenvalue weighted by Gasteiger charge is 2.23. The Labute approximate surface area is 181 Å². The predicted octanol–water partition coefficient (Wildman–Crippen LogP) is 3.74. The Bertz CT molecular complexity index is 1070. The molecule has 1 aromatic carbocycles.